The Morgan fingerprint density at radius 2 is 2.00 bits per heavy atom. The number of benzene rings is 1. The van der Waals surface area contributed by atoms with E-state index in [0.29, 0.717) is 11.6 Å². The summed E-state index contributed by atoms with van der Waals surface area (Å²) in [7, 11) is 0. The lowest BCUT2D eigenvalue weighted by Gasteiger charge is -2.24. The average Bonchev–Trinajstić information content (AvgIpc) is 2.90. The number of hydrogen-bond acceptors (Lipinski definition) is 2. The summed E-state index contributed by atoms with van der Waals surface area (Å²) in [6.07, 6.45) is 6.03. The van der Waals surface area contributed by atoms with Crippen LogP contribution in [-0.2, 0) is 9.59 Å². The Kier molecular flexibility index (Phi) is 4.67. The molecule has 1 heterocycles. The van der Waals surface area contributed by atoms with Crippen molar-refractivity contribution in [3.63, 3.8) is 0 Å². The summed E-state index contributed by atoms with van der Waals surface area (Å²) in [6.45, 7) is 0.442. The largest absolute Gasteiger partial charge is 0.353 e. The predicted molar refractivity (Wildman–Crippen MR) is 86.9 cm³/mol. The van der Waals surface area contributed by atoms with Crippen LogP contribution >= 0.6 is 11.6 Å². The fourth-order valence-corrected chi connectivity index (χ4v) is 3.53. The zero-order valence-electron chi connectivity index (χ0n) is 12.6. The van der Waals surface area contributed by atoms with Gasteiger partial charge in [0.1, 0.15) is 0 Å². The lowest BCUT2D eigenvalue weighted by Crippen LogP contribution is -2.40. The Morgan fingerprint density at radius 3 is 2.73 bits per heavy atom. The maximum atomic E-state index is 12.4. The SMILES string of the molecule is O=C(NC1CCCCC1)[C@@H]1CC(=O)N(c2cccc(Cl)c2)C1. The number of hydrogen-bond donors (Lipinski definition) is 1. The predicted octanol–water partition coefficient (Wildman–Crippen LogP) is 3.14. The second kappa shape index (κ2) is 6.69. The smallest absolute Gasteiger partial charge is 0.227 e. The normalized spacial score (nSPS) is 22.9. The van der Waals surface area contributed by atoms with Crippen molar-refractivity contribution in [1.29, 1.82) is 0 Å². The van der Waals surface area contributed by atoms with Crippen LogP contribution in [0, 0.1) is 5.92 Å². The lowest BCUT2D eigenvalue weighted by atomic mass is 9.95. The second-order valence-corrected chi connectivity index (χ2v) is 6.67. The first-order valence-corrected chi connectivity index (χ1v) is 8.37. The van der Waals surface area contributed by atoms with Gasteiger partial charge in [0.2, 0.25) is 11.8 Å². The monoisotopic (exact) mass is 320 g/mol. The number of rotatable bonds is 3. The molecule has 1 saturated heterocycles. The summed E-state index contributed by atoms with van der Waals surface area (Å²) in [6, 6.07) is 7.50. The Bertz CT molecular complexity index is 570. The van der Waals surface area contributed by atoms with E-state index in [2.05, 4.69) is 5.32 Å². The maximum Gasteiger partial charge on any atom is 0.227 e. The van der Waals surface area contributed by atoms with E-state index >= 15 is 0 Å². The highest BCUT2D eigenvalue weighted by atomic mass is 35.5. The van der Waals surface area contributed by atoms with E-state index in [0.717, 1.165) is 18.5 Å². The molecule has 0 aromatic heterocycles. The minimum atomic E-state index is -0.256. The Labute approximate surface area is 135 Å². The quantitative estimate of drug-likeness (QED) is 0.930. The zero-order chi connectivity index (χ0) is 15.5. The first-order chi connectivity index (χ1) is 10.6. The van der Waals surface area contributed by atoms with Crippen LogP contribution in [0.15, 0.2) is 24.3 Å². The van der Waals surface area contributed by atoms with Gasteiger partial charge >= 0.3 is 0 Å². The third-order valence-corrected chi connectivity index (χ3v) is 4.80. The summed E-state index contributed by atoms with van der Waals surface area (Å²) in [5.74, 6) is -0.246. The number of nitrogens with zero attached hydrogens (tertiary/aromatic N) is 1. The first-order valence-electron chi connectivity index (χ1n) is 8.00. The highest BCUT2D eigenvalue weighted by Gasteiger charge is 2.35. The molecular formula is C17H21ClN2O2. The number of nitrogens with one attached hydrogen (secondary N) is 1. The Balaban J connectivity index is 1.62. The van der Waals surface area contributed by atoms with Crippen molar-refractivity contribution in [3.05, 3.63) is 29.3 Å². The molecule has 1 aromatic carbocycles. The van der Waals surface area contributed by atoms with Gasteiger partial charge in [0, 0.05) is 29.7 Å². The topological polar surface area (TPSA) is 49.4 Å². The van der Waals surface area contributed by atoms with Crippen molar-refractivity contribution >= 4 is 29.1 Å². The second-order valence-electron chi connectivity index (χ2n) is 6.23. The summed E-state index contributed by atoms with van der Waals surface area (Å²) in [4.78, 5) is 26.2. The van der Waals surface area contributed by atoms with Gasteiger partial charge in [-0.2, -0.15) is 0 Å². The van der Waals surface area contributed by atoms with Gasteiger partial charge in [0.15, 0.2) is 0 Å². The van der Waals surface area contributed by atoms with Crippen molar-refractivity contribution in [2.45, 2.75) is 44.6 Å². The number of anilines is 1. The van der Waals surface area contributed by atoms with Gasteiger partial charge in [-0.05, 0) is 31.0 Å². The van der Waals surface area contributed by atoms with Gasteiger partial charge in [-0.15, -0.1) is 0 Å². The van der Waals surface area contributed by atoms with Gasteiger partial charge < -0.3 is 10.2 Å². The molecule has 5 heteroatoms. The van der Waals surface area contributed by atoms with Gasteiger partial charge in [-0.1, -0.05) is 36.9 Å². The van der Waals surface area contributed by atoms with Crippen LogP contribution in [0.2, 0.25) is 5.02 Å². The number of amides is 2. The van der Waals surface area contributed by atoms with E-state index in [-0.39, 0.29) is 30.2 Å². The van der Waals surface area contributed by atoms with Crippen LogP contribution in [0.25, 0.3) is 0 Å². The van der Waals surface area contributed by atoms with Gasteiger partial charge in [-0.3, -0.25) is 9.59 Å². The minimum absolute atomic E-state index is 0.00828. The van der Waals surface area contributed by atoms with Crippen LogP contribution in [0.5, 0.6) is 0 Å². The molecule has 0 spiro atoms. The summed E-state index contributed by atoms with van der Waals surface area (Å²) >= 11 is 5.98. The molecule has 2 aliphatic rings. The summed E-state index contributed by atoms with van der Waals surface area (Å²) in [5.41, 5.74) is 0.769. The number of carbonyl (C=O) groups excluding carboxylic acids is 2. The van der Waals surface area contributed by atoms with Crippen LogP contribution in [0.4, 0.5) is 5.69 Å². The fraction of sp³-hybridized carbons (Fsp3) is 0.529. The van der Waals surface area contributed by atoms with E-state index in [4.69, 9.17) is 11.6 Å². The maximum absolute atomic E-state index is 12.4. The molecule has 2 amide bonds. The van der Waals surface area contributed by atoms with Crippen molar-refractivity contribution in [2.75, 3.05) is 11.4 Å². The van der Waals surface area contributed by atoms with E-state index in [1.165, 1.54) is 19.3 Å². The molecule has 1 N–H and O–H groups in total. The molecule has 1 aliphatic heterocycles. The molecule has 1 atom stereocenters. The molecule has 1 aliphatic carbocycles. The van der Waals surface area contributed by atoms with Gasteiger partial charge in [0.25, 0.3) is 0 Å². The highest BCUT2D eigenvalue weighted by Crippen LogP contribution is 2.27. The third-order valence-electron chi connectivity index (χ3n) is 4.57. The number of halogens is 1. The fourth-order valence-electron chi connectivity index (χ4n) is 3.34. The van der Waals surface area contributed by atoms with E-state index < -0.39 is 0 Å². The zero-order valence-corrected chi connectivity index (χ0v) is 13.3. The average molecular weight is 321 g/mol. The summed E-state index contributed by atoms with van der Waals surface area (Å²) < 4.78 is 0. The number of carbonyl (C=O) groups is 2. The van der Waals surface area contributed by atoms with Crippen molar-refractivity contribution < 1.29 is 9.59 Å². The Morgan fingerprint density at radius 1 is 1.23 bits per heavy atom. The first kappa shape index (κ1) is 15.3. The van der Waals surface area contributed by atoms with Crippen molar-refractivity contribution in [3.8, 4) is 0 Å². The molecule has 22 heavy (non-hydrogen) atoms. The highest BCUT2D eigenvalue weighted by molar-refractivity contribution is 6.30. The molecule has 0 unspecified atom stereocenters. The van der Waals surface area contributed by atoms with Crippen LogP contribution in [-0.4, -0.2) is 24.4 Å². The van der Waals surface area contributed by atoms with E-state index in [9.17, 15) is 9.59 Å². The molecule has 3 rings (SSSR count). The Hall–Kier alpha value is -1.55. The standard InChI is InChI=1S/C17H21ClN2O2/c18-13-5-4-8-15(10-13)20-11-12(9-16(20)21)17(22)19-14-6-2-1-3-7-14/h4-5,8,10,12,14H,1-3,6-7,9,11H2,(H,19,22)/t12-/m1/s1. The van der Waals surface area contributed by atoms with Crippen molar-refractivity contribution in [1.82, 2.24) is 5.32 Å². The molecule has 1 saturated carbocycles. The molecule has 0 bridgehead atoms. The minimum Gasteiger partial charge on any atom is -0.353 e. The molecule has 1 aromatic rings. The molecular weight excluding hydrogens is 300 g/mol. The van der Waals surface area contributed by atoms with Crippen LogP contribution in [0.3, 0.4) is 0 Å². The molecule has 2 fully saturated rings. The molecule has 4 nitrogen and oxygen atoms in total. The third kappa shape index (κ3) is 3.43. The van der Waals surface area contributed by atoms with Gasteiger partial charge in [0.05, 0.1) is 5.92 Å². The van der Waals surface area contributed by atoms with Crippen molar-refractivity contribution in [2.24, 2.45) is 5.92 Å². The van der Waals surface area contributed by atoms with Gasteiger partial charge in [-0.25, -0.2) is 0 Å². The molecule has 118 valence electrons. The molecule has 0 radical (unpaired) electrons. The lowest BCUT2D eigenvalue weighted by molar-refractivity contribution is -0.127. The summed E-state index contributed by atoms with van der Waals surface area (Å²) in [5, 5.41) is 3.72. The van der Waals surface area contributed by atoms with E-state index in [1.54, 1.807) is 17.0 Å². The van der Waals surface area contributed by atoms with Crippen LogP contribution in [0.1, 0.15) is 38.5 Å². The van der Waals surface area contributed by atoms with E-state index in [1.807, 2.05) is 12.1 Å². The van der Waals surface area contributed by atoms with Crippen LogP contribution < -0.4 is 10.2 Å².